The first-order valence-electron chi connectivity index (χ1n) is 9.41. The summed E-state index contributed by atoms with van der Waals surface area (Å²) in [7, 11) is 0. The Morgan fingerprint density at radius 1 is 1.14 bits per heavy atom. The molecule has 1 fully saturated rings. The molecule has 0 radical (unpaired) electrons. The number of carbonyl (C=O) groups excluding carboxylic acids is 2. The second-order valence-corrected chi connectivity index (χ2v) is 7.52. The van der Waals surface area contributed by atoms with E-state index >= 15 is 0 Å². The average Bonchev–Trinajstić information content (AvgIpc) is 3.32. The van der Waals surface area contributed by atoms with E-state index in [2.05, 4.69) is 16.0 Å². The van der Waals surface area contributed by atoms with Crippen molar-refractivity contribution in [3.63, 3.8) is 0 Å². The number of pyridine rings is 1. The number of aryl methyl sites for hydroxylation is 2. The first-order chi connectivity index (χ1) is 13.3. The average molecular weight is 381 g/mol. The summed E-state index contributed by atoms with van der Waals surface area (Å²) in [5, 5.41) is 5.06. The number of amides is 2. The molecular formula is C20H23N5O3. The Morgan fingerprint density at radius 2 is 1.82 bits per heavy atom. The predicted molar refractivity (Wildman–Crippen MR) is 103 cm³/mol. The van der Waals surface area contributed by atoms with Gasteiger partial charge in [-0.25, -0.2) is 9.67 Å². The highest BCUT2D eigenvalue weighted by Gasteiger charge is 2.28. The van der Waals surface area contributed by atoms with E-state index in [4.69, 9.17) is 9.40 Å². The fraction of sp³-hybridized carbons (Fsp3) is 0.400. The number of nitrogens with zero attached hydrogens (tertiary/aromatic N) is 3. The van der Waals surface area contributed by atoms with Gasteiger partial charge in [-0.05, 0) is 52.7 Å². The van der Waals surface area contributed by atoms with Crippen LogP contribution in [0.15, 0.2) is 22.7 Å². The van der Waals surface area contributed by atoms with Crippen LogP contribution in [0, 0.1) is 13.8 Å². The first kappa shape index (κ1) is 18.2. The SMILES string of the molecule is Cc1cc(C(=O)NNC(=O)c2cc(C3CC3)nc3c2cnn3C(C)C)c(C)o1. The molecule has 0 aromatic carbocycles. The topological polar surface area (TPSA) is 102 Å². The van der Waals surface area contributed by atoms with Crippen molar-refractivity contribution in [2.45, 2.75) is 52.5 Å². The van der Waals surface area contributed by atoms with Crippen molar-refractivity contribution in [2.75, 3.05) is 0 Å². The van der Waals surface area contributed by atoms with Gasteiger partial charge < -0.3 is 4.42 Å². The summed E-state index contributed by atoms with van der Waals surface area (Å²) in [4.78, 5) is 29.9. The largest absolute Gasteiger partial charge is 0.466 e. The molecule has 2 amide bonds. The molecule has 3 heterocycles. The molecule has 28 heavy (non-hydrogen) atoms. The molecule has 1 aliphatic rings. The van der Waals surface area contributed by atoms with Gasteiger partial charge in [0.15, 0.2) is 5.65 Å². The minimum atomic E-state index is -0.423. The second kappa shape index (κ2) is 6.78. The van der Waals surface area contributed by atoms with Crippen LogP contribution in [0.3, 0.4) is 0 Å². The van der Waals surface area contributed by atoms with Gasteiger partial charge >= 0.3 is 0 Å². The maximum Gasteiger partial charge on any atom is 0.273 e. The standard InChI is InChI=1S/C20H23N5O3/c1-10(2)25-18-16(9-21-25)15(8-17(22-18)13-5-6-13)20(27)24-23-19(26)14-7-11(3)28-12(14)4/h7-10,13H,5-6H2,1-4H3,(H,23,26)(H,24,27). The fourth-order valence-corrected chi connectivity index (χ4v) is 3.30. The first-order valence-corrected chi connectivity index (χ1v) is 9.41. The molecule has 0 unspecified atom stereocenters. The van der Waals surface area contributed by atoms with Crippen molar-refractivity contribution in [1.82, 2.24) is 25.6 Å². The maximum atomic E-state index is 12.8. The molecule has 1 aliphatic carbocycles. The highest BCUT2D eigenvalue weighted by Crippen LogP contribution is 2.40. The molecule has 146 valence electrons. The van der Waals surface area contributed by atoms with Gasteiger partial charge in [-0.1, -0.05) is 0 Å². The number of nitrogens with one attached hydrogen (secondary N) is 2. The predicted octanol–water partition coefficient (Wildman–Crippen LogP) is 3.17. The zero-order chi connectivity index (χ0) is 20.0. The van der Waals surface area contributed by atoms with Crippen LogP contribution in [0.4, 0.5) is 0 Å². The molecule has 0 spiro atoms. The number of hydrogen-bond acceptors (Lipinski definition) is 5. The van der Waals surface area contributed by atoms with Gasteiger partial charge in [-0.15, -0.1) is 0 Å². The summed E-state index contributed by atoms with van der Waals surface area (Å²) in [5.74, 6) is 0.708. The fourth-order valence-electron chi connectivity index (χ4n) is 3.30. The maximum absolute atomic E-state index is 12.8. The third-order valence-electron chi connectivity index (χ3n) is 4.89. The number of carbonyl (C=O) groups is 2. The van der Waals surface area contributed by atoms with Crippen molar-refractivity contribution in [2.24, 2.45) is 0 Å². The minimum Gasteiger partial charge on any atom is -0.466 e. The Morgan fingerprint density at radius 3 is 2.39 bits per heavy atom. The summed E-state index contributed by atoms with van der Waals surface area (Å²) >= 11 is 0. The van der Waals surface area contributed by atoms with E-state index in [0.29, 0.717) is 39.6 Å². The summed E-state index contributed by atoms with van der Waals surface area (Å²) in [6.45, 7) is 7.51. The van der Waals surface area contributed by atoms with Gasteiger partial charge in [0, 0.05) is 17.7 Å². The summed E-state index contributed by atoms with van der Waals surface area (Å²) < 4.78 is 7.18. The lowest BCUT2D eigenvalue weighted by molar-refractivity contribution is 0.0846. The van der Waals surface area contributed by atoms with Crippen molar-refractivity contribution in [3.05, 3.63) is 46.7 Å². The minimum absolute atomic E-state index is 0.127. The monoisotopic (exact) mass is 381 g/mol. The van der Waals surface area contributed by atoms with Crippen molar-refractivity contribution in [1.29, 1.82) is 0 Å². The zero-order valence-corrected chi connectivity index (χ0v) is 16.4. The van der Waals surface area contributed by atoms with Gasteiger partial charge in [-0.2, -0.15) is 5.10 Å². The number of fused-ring (bicyclic) bond motifs is 1. The Kier molecular flexibility index (Phi) is 4.41. The van der Waals surface area contributed by atoms with Crippen LogP contribution in [-0.4, -0.2) is 26.6 Å². The Balaban J connectivity index is 1.61. The van der Waals surface area contributed by atoms with Crippen molar-refractivity contribution < 1.29 is 14.0 Å². The number of hydrogen-bond donors (Lipinski definition) is 2. The summed E-state index contributed by atoms with van der Waals surface area (Å²) in [5.41, 5.74) is 7.41. The lowest BCUT2D eigenvalue weighted by atomic mass is 10.1. The van der Waals surface area contributed by atoms with Crippen molar-refractivity contribution in [3.8, 4) is 0 Å². The normalized spacial score (nSPS) is 13.9. The van der Waals surface area contributed by atoms with E-state index < -0.39 is 11.8 Å². The second-order valence-electron chi connectivity index (χ2n) is 7.52. The van der Waals surface area contributed by atoms with E-state index in [0.717, 1.165) is 18.5 Å². The Labute approximate surface area is 162 Å². The number of rotatable bonds is 4. The smallest absolute Gasteiger partial charge is 0.273 e. The zero-order valence-electron chi connectivity index (χ0n) is 16.4. The van der Waals surface area contributed by atoms with Gasteiger partial charge in [0.25, 0.3) is 11.8 Å². The third kappa shape index (κ3) is 3.26. The molecule has 4 rings (SSSR count). The van der Waals surface area contributed by atoms with Gasteiger partial charge in [0.2, 0.25) is 0 Å². The Hall–Kier alpha value is -3.16. The molecule has 8 heteroatoms. The molecule has 2 N–H and O–H groups in total. The molecule has 0 aliphatic heterocycles. The van der Waals surface area contributed by atoms with E-state index in [-0.39, 0.29) is 6.04 Å². The summed E-state index contributed by atoms with van der Waals surface area (Å²) in [6, 6.07) is 3.57. The van der Waals surface area contributed by atoms with Gasteiger partial charge in [0.05, 0.1) is 22.7 Å². The van der Waals surface area contributed by atoms with Crippen LogP contribution in [0.2, 0.25) is 0 Å². The highest BCUT2D eigenvalue weighted by atomic mass is 16.3. The van der Waals surface area contributed by atoms with Crippen LogP contribution in [0.5, 0.6) is 0 Å². The molecule has 8 nitrogen and oxygen atoms in total. The highest BCUT2D eigenvalue weighted by molar-refractivity contribution is 6.06. The lowest BCUT2D eigenvalue weighted by Gasteiger charge is -2.11. The van der Waals surface area contributed by atoms with Crippen molar-refractivity contribution >= 4 is 22.8 Å². The molecule has 0 saturated heterocycles. The molecular weight excluding hydrogens is 358 g/mol. The quantitative estimate of drug-likeness (QED) is 0.676. The van der Waals surface area contributed by atoms with E-state index in [9.17, 15) is 9.59 Å². The van der Waals surface area contributed by atoms with Crippen LogP contribution >= 0.6 is 0 Å². The van der Waals surface area contributed by atoms with Gasteiger partial charge in [0.1, 0.15) is 11.5 Å². The molecule has 0 atom stereocenters. The van der Waals surface area contributed by atoms with Gasteiger partial charge in [-0.3, -0.25) is 20.4 Å². The molecule has 1 saturated carbocycles. The number of furan rings is 1. The third-order valence-corrected chi connectivity index (χ3v) is 4.89. The van der Waals surface area contributed by atoms with Crippen LogP contribution in [-0.2, 0) is 0 Å². The molecule has 3 aromatic rings. The lowest BCUT2D eigenvalue weighted by Crippen LogP contribution is -2.41. The molecule has 3 aromatic heterocycles. The summed E-state index contributed by atoms with van der Waals surface area (Å²) in [6.07, 6.45) is 3.80. The van der Waals surface area contributed by atoms with E-state index in [1.165, 1.54) is 0 Å². The van der Waals surface area contributed by atoms with E-state index in [1.807, 2.05) is 18.5 Å². The van der Waals surface area contributed by atoms with E-state index in [1.54, 1.807) is 32.2 Å². The van der Waals surface area contributed by atoms with Crippen LogP contribution in [0.25, 0.3) is 11.0 Å². The Bertz CT molecular complexity index is 1080. The molecule has 0 bridgehead atoms. The van der Waals surface area contributed by atoms with Crippen LogP contribution in [0.1, 0.15) is 76.6 Å². The number of aromatic nitrogens is 3. The number of hydrazine groups is 1. The van der Waals surface area contributed by atoms with Crippen LogP contribution < -0.4 is 10.9 Å².